The smallest absolute Gasteiger partial charge is 0.416 e. The summed E-state index contributed by atoms with van der Waals surface area (Å²) in [6, 6.07) is 15.4. The lowest BCUT2D eigenvalue weighted by atomic mass is 9.81. The molecule has 0 bridgehead atoms. The van der Waals surface area contributed by atoms with Crippen molar-refractivity contribution in [2.75, 3.05) is 19.1 Å². The predicted octanol–water partition coefficient (Wildman–Crippen LogP) is 5.67. The molecule has 0 aromatic heterocycles. The molecule has 13 heteroatoms. The molecule has 0 amide bonds. The van der Waals surface area contributed by atoms with Crippen LogP contribution in [0.2, 0.25) is 0 Å². The van der Waals surface area contributed by atoms with Gasteiger partial charge in [-0.1, -0.05) is 36.4 Å². The van der Waals surface area contributed by atoms with E-state index < -0.39 is 52.7 Å². The van der Waals surface area contributed by atoms with Gasteiger partial charge in [-0.25, -0.2) is 18.4 Å². The van der Waals surface area contributed by atoms with E-state index in [-0.39, 0.29) is 40.5 Å². The Labute approximate surface area is 235 Å². The number of methoxy groups -OCH3 is 2. The van der Waals surface area contributed by atoms with Crippen molar-refractivity contribution in [1.82, 2.24) is 0 Å². The van der Waals surface area contributed by atoms with E-state index in [1.807, 2.05) is 6.07 Å². The average molecular weight is 585 g/mol. The van der Waals surface area contributed by atoms with Gasteiger partial charge in [0.25, 0.3) is 0 Å². The molecule has 0 radical (unpaired) electrons. The van der Waals surface area contributed by atoms with E-state index in [2.05, 4.69) is 0 Å². The fourth-order valence-electron chi connectivity index (χ4n) is 4.41. The highest BCUT2D eigenvalue weighted by Crippen LogP contribution is 2.44. The minimum absolute atomic E-state index is 0.0289. The Morgan fingerprint density at radius 3 is 2.10 bits per heavy atom. The van der Waals surface area contributed by atoms with Crippen molar-refractivity contribution in [1.29, 1.82) is 5.26 Å². The monoisotopic (exact) mass is 585 g/mol. The van der Waals surface area contributed by atoms with Gasteiger partial charge in [-0.05, 0) is 29.8 Å². The van der Waals surface area contributed by atoms with Gasteiger partial charge >= 0.3 is 18.1 Å². The normalized spacial score (nSPS) is 15.3. The largest absolute Gasteiger partial charge is 0.466 e. The summed E-state index contributed by atoms with van der Waals surface area (Å²) in [4.78, 5) is 27.3. The molecule has 8 nitrogen and oxygen atoms in total. The molecule has 0 aliphatic carbocycles. The van der Waals surface area contributed by atoms with Gasteiger partial charge in [-0.3, -0.25) is 4.90 Å². The summed E-state index contributed by atoms with van der Waals surface area (Å²) in [6.45, 7) is 0. The zero-order chi connectivity index (χ0) is 30.8. The molecule has 1 heterocycles. The van der Waals surface area contributed by atoms with Crippen LogP contribution < -0.4 is 15.4 Å². The summed E-state index contributed by atoms with van der Waals surface area (Å²) >= 11 is 0. The molecule has 1 aliphatic heterocycles. The fraction of sp³-hybridized carbons (Fsp3) is 0.138. The van der Waals surface area contributed by atoms with E-state index >= 15 is 0 Å². The summed E-state index contributed by atoms with van der Waals surface area (Å²) in [7, 11) is 2.13. The van der Waals surface area contributed by atoms with Gasteiger partial charge in [0.05, 0.1) is 48.6 Å². The fourth-order valence-corrected chi connectivity index (χ4v) is 4.41. The molecule has 1 aliphatic rings. The van der Waals surface area contributed by atoms with Gasteiger partial charge in [0.1, 0.15) is 17.3 Å². The zero-order valence-electron chi connectivity index (χ0n) is 21.8. The van der Waals surface area contributed by atoms with E-state index in [1.54, 1.807) is 30.3 Å². The number of ether oxygens (including phenoxy) is 3. The number of hydrogen-bond acceptors (Lipinski definition) is 8. The first-order valence-electron chi connectivity index (χ1n) is 11.9. The maximum atomic E-state index is 14.5. The molecule has 3 aromatic rings. The number of esters is 2. The lowest BCUT2D eigenvalue weighted by Crippen LogP contribution is -2.40. The van der Waals surface area contributed by atoms with Crippen LogP contribution in [0.25, 0.3) is 0 Å². The van der Waals surface area contributed by atoms with Crippen LogP contribution in [0.15, 0.2) is 89.4 Å². The van der Waals surface area contributed by atoms with Crippen LogP contribution in [0.3, 0.4) is 0 Å². The standard InChI is InChI=1S/C29H20F5N3O5/c1-40-27(38)23-22(15-7-4-3-5-8-15)19(14-35)26(36)37(24(23)28(39)41-2)17-9-6-10-18(13-17)42-25-20(30)11-16(12-21(25)31)29(32,33)34/h3-13,22H,36H2,1-2H3. The molecule has 0 saturated heterocycles. The number of allylic oxidation sites excluding steroid dienone is 1. The van der Waals surface area contributed by atoms with Crippen LogP contribution in [-0.2, 0) is 25.2 Å². The van der Waals surface area contributed by atoms with E-state index in [0.717, 1.165) is 25.2 Å². The topological polar surface area (TPSA) is 115 Å². The Bertz CT molecular complexity index is 1640. The second-order valence-corrected chi connectivity index (χ2v) is 8.70. The second kappa shape index (κ2) is 11.6. The molecular weight excluding hydrogens is 565 g/mol. The molecular formula is C29H20F5N3O5. The molecule has 1 atom stereocenters. The van der Waals surface area contributed by atoms with E-state index in [0.29, 0.717) is 5.56 Å². The quantitative estimate of drug-likeness (QED) is 0.291. The van der Waals surface area contributed by atoms with Gasteiger partial charge in [0, 0.05) is 6.07 Å². The summed E-state index contributed by atoms with van der Waals surface area (Å²) in [6.07, 6.45) is -5.00. The number of hydrogen-bond donors (Lipinski definition) is 1. The number of carbonyl (C=O) groups is 2. The number of rotatable bonds is 6. The minimum Gasteiger partial charge on any atom is -0.466 e. The summed E-state index contributed by atoms with van der Waals surface area (Å²) < 4.78 is 82.9. The molecule has 0 fully saturated rings. The Kier molecular flexibility index (Phi) is 8.19. The van der Waals surface area contributed by atoms with Crippen molar-refractivity contribution in [2.45, 2.75) is 12.1 Å². The lowest BCUT2D eigenvalue weighted by molar-refractivity contribution is -0.139. The number of carbonyl (C=O) groups excluding carboxylic acids is 2. The van der Waals surface area contributed by atoms with Crippen molar-refractivity contribution >= 4 is 17.6 Å². The van der Waals surface area contributed by atoms with Crippen LogP contribution in [-0.4, -0.2) is 26.2 Å². The maximum Gasteiger partial charge on any atom is 0.416 e. The molecule has 0 saturated carbocycles. The van der Waals surface area contributed by atoms with Gasteiger partial charge in [-0.15, -0.1) is 0 Å². The van der Waals surface area contributed by atoms with Crippen LogP contribution in [0, 0.1) is 23.0 Å². The van der Waals surface area contributed by atoms with Crippen molar-refractivity contribution in [3.8, 4) is 17.6 Å². The van der Waals surface area contributed by atoms with E-state index in [9.17, 15) is 36.8 Å². The third kappa shape index (κ3) is 5.46. The lowest BCUT2D eigenvalue weighted by Gasteiger charge is -2.36. The van der Waals surface area contributed by atoms with E-state index in [4.69, 9.17) is 19.9 Å². The van der Waals surface area contributed by atoms with Crippen molar-refractivity contribution < 1.29 is 45.8 Å². The highest BCUT2D eigenvalue weighted by Gasteiger charge is 2.43. The average Bonchev–Trinajstić information content (AvgIpc) is 2.97. The van der Waals surface area contributed by atoms with Crippen molar-refractivity contribution in [3.63, 3.8) is 0 Å². The van der Waals surface area contributed by atoms with Gasteiger partial charge in [0.2, 0.25) is 0 Å². The number of halogens is 5. The summed E-state index contributed by atoms with van der Waals surface area (Å²) in [5.41, 5.74) is 4.42. The molecule has 3 aromatic carbocycles. The molecule has 2 N–H and O–H groups in total. The third-order valence-electron chi connectivity index (χ3n) is 6.23. The van der Waals surface area contributed by atoms with Crippen LogP contribution in [0.5, 0.6) is 11.5 Å². The van der Waals surface area contributed by atoms with Crippen molar-refractivity contribution in [3.05, 3.63) is 112 Å². The number of nitrogens with zero attached hydrogens (tertiary/aromatic N) is 2. The Morgan fingerprint density at radius 2 is 1.55 bits per heavy atom. The van der Waals surface area contributed by atoms with Crippen LogP contribution >= 0.6 is 0 Å². The second-order valence-electron chi connectivity index (χ2n) is 8.70. The van der Waals surface area contributed by atoms with Gasteiger partial charge in [0.15, 0.2) is 17.4 Å². The Hall–Kier alpha value is -5.38. The van der Waals surface area contributed by atoms with Crippen LogP contribution in [0.4, 0.5) is 27.6 Å². The van der Waals surface area contributed by atoms with Gasteiger partial charge < -0.3 is 19.9 Å². The Balaban J connectivity index is 1.90. The molecule has 0 spiro atoms. The predicted molar refractivity (Wildman–Crippen MR) is 137 cm³/mol. The van der Waals surface area contributed by atoms with E-state index in [1.165, 1.54) is 18.2 Å². The first-order chi connectivity index (χ1) is 19.9. The number of benzene rings is 3. The number of nitrogens with two attached hydrogens (primary N) is 1. The Morgan fingerprint density at radius 1 is 0.929 bits per heavy atom. The highest BCUT2D eigenvalue weighted by atomic mass is 19.4. The number of alkyl halides is 3. The SMILES string of the molecule is COC(=O)C1=C(C(=O)OC)N(c2cccc(Oc3c(F)cc(C(F)(F)F)cc3F)c2)C(N)=C(C#N)C1c1ccccc1. The minimum atomic E-state index is -5.00. The first-order valence-corrected chi connectivity index (χ1v) is 11.9. The summed E-state index contributed by atoms with van der Waals surface area (Å²) in [5.74, 6) is -8.09. The molecule has 216 valence electrons. The first kappa shape index (κ1) is 29.6. The zero-order valence-corrected chi connectivity index (χ0v) is 21.8. The third-order valence-corrected chi connectivity index (χ3v) is 6.23. The molecule has 1 unspecified atom stereocenters. The molecule has 42 heavy (non-hydrogen) atoms. The summed E-state index contributed by atoms with van der Waals surface area (Å²) in [5, 5.41) is 10.1. The highest BCUT2D eigenvalue weighted by molar-refractivity contribution is 6.06. The molecule has 4 rings (SSSR count). The maximum absolute atomic E-state index is 14.5. The number of anilines is 1. The number of nitriles is 1. The van der Waals surface area contributed by atoms with Gasteiger partial charge in [-0.2, -0.15) is 18.4 Å². The van der Waals surface area contributed by atoms with Crippen molar-refractivity contribution in [2.24, 2.45) is 5.73 Å². The van der Waals surface area contributed by atoms with Crippen LogP contribution in [0.1, 0.15) is 17.0 Å².